The maximum atomic E-state index is 12.3. The number of aromatic nitrogens is 2. The Hall–Kier alpha value is -2.10. The molecule has 1 aliphatic heterocycles. The summed E-state index contributed by atoms with van der Waals surface area (Å²) in [6, 6.07) is 6.69. The molecule has 2 heterocycles. The lowest BCUT2D eigenvalue weighted by Crippen LogP contribution is -2.39. The Kier molecular flexibility index (Phi) is 7.51. The number of hydrogen-bond donors (Lipinski definition) is 3. The van der Waals surface area contributed by atoms with Gasteiger partial charge in [-0.05, 0) is 59.9 Å². The number of hydrogen-bond acceptors (Lipinski definition) is 5. The third-order valence-electron chi connectivity index (χ3n) is 4.80. The van der Waals surface area contributed by atoms with Crippen LogP contribution in [0.25, 0.3) is 0 Å². The Morgan fingerprint density at radius 3 is 2.79 bits per heavy atom. The lowest BCUT2D eigenvalue weighted by Gasteiger charge is -2.29. The van der Waals surface area contributed by atoms with Crippen molar-refractivity contribution in [3.63, 3.8) is 0 Å². The smallest absolute Gasteiger partial charge is 0.388 e. The Balaban J connectivity index is 1.48. The number of anilines is 1. The van der Waals surface area contributed by atoms with E-state index in [2.05, 4.69) is 48.6 Å². The zero-order valence-electron chi connectivity index (χ0n) is 16.0. The van der Waals surface area contributed by atoms with Crippen LogP contribution >= 0.6 is 27.5 Å². The minimum Gasteiger partial charge on any atom is -0.388 e. The van der Waals surface area contributed by atoms with Gasteiger partial charge in [0.05, 0.1) is 10.6 Å². The summed E-state index contributed by atoms with van der Waals surface area (Å²) in [7, 11) is 0. The molecule has 2 amide bonds. The first kappa shape index (κ1) is 21.6. The highest BCUT2D eigenvalue weighted by atomic mass is 79.9. The number of nitrogens with zero attached hydrogens (tertiary/aromatic N) is 2. The van der Waals surface area contributed by atoms with Crippen molar-refractivity contribution in [3.05, 3.63) is 39.3 Å². The quantitative estimate of drug-likeness (QED) is 0.577. The Morgan fingerprint density at radius 2 is 2.07 bits per heavy atom. The number of nitrogens with one attached hydrogen (secondary N) is 3. The molecule has 0 radical (unpaired) electrons. The van der Waals surface area contributed by atoms with Gasteiger partial charge in [0.25, 0.3) is 11.8 Å². The van der Waals surface area contributed by atoms with Crippen LogP contribution in [-0.2, 0) is 0 Å². The zero-order chi connectivity index (χ0) is 20.8. The van der Waals surface area contributed by atoms with Gasteiger partial charge in [0.15, 0.2) is 0 Å². The highest BCUT2D eigenvalue weighted by Gasteiger charge is 2.19. The summed E-state index contributed by atoms with van der Waals surface area (Å²) in [5, 5.41) is 12.2. The summed E-state index contributed by atoms with van der Waals surface area (Å²) in [6.07, 6.45) is 1.77. The molecule has 0 saturated carbocycles. The van der Waals surface area contributed by atoms with Crippen LogP contribution in [0.3, 0.4) is 0 Å². The molecule has 2 aromatic rings. The lowest BCUT2D eigenvalue weighted by atomic mass is 9.99. The molecule has 10 heteroatoms. The van der Waals surface area contributed by atoms with Crippen LogP contribution in [0.15, 0.2) is 28.7 Å². The number of ether oxygens (including phenoxy) is 1. The standard InChI is InChI=1S/C19H23BrClN5O3/c1-12-6-9-26(10-7-12)11-8-22-19(28)29-18-15(20)16(24-25-18)23-17(27)13-4-2-3-5-14(13)21/h2-5,12H,6-11H2,1H3,(H,22,28)(H2,23,24,25,27). The van der Waals surface area contributed by atoms with Crippen molar-refractivity contribution in [1.82, 2.24) is 20.4 Å². The number of carbonyl (C=O) groups is 2. The second-order valence-corrected chi connectivity index (χ2v) is 8.19. The van der Waals surface area contributed by atoms with Crippen molar-refractivity contribution in [2.24, 2.45) is 5.92 Å². The molecule has 156 valence electrons. The van der Waals surface area contributed by atoms with E-state index in [4.69, 9.17) is 16.3 Å². The Bertz CT molecular complexity index is 867. The van der Waals surface area contributed by atoms with Gasteiger partial charge in [-0.15, -0.1) is 5.10 Å². The van der Waals surface area contributed by atoms with Gasteiger partial charge in [0, 0.05) is 13.1 Å². The normalized spacial score (nSPS) is 15.1. The first-order valence-corrected chi connectivity index (χ1v) is 10.6. The van der Waals surface area contributed by atoms with Crippen LogP contribution in [0, 0.1) is 5.92 Å². The van der Waals surface area contributed by atoms with E-state index in [0.717, 1.165) is 25.6 Å². The van der Waals surface area contributed by atoms with Gasteiger partial charge in [0.1, 0.15) is 10.3 Å². The maximum Gasteiger partial charge on any atom is 0.414 e. The molecular weight excluding hydrogens is 462 g/mol. The zero-order valence-corrected chi connectivity index (χ0v) is 18.3. The predicted octanol–water partition coefficient (Wildman–Crippen LogP) is 3.90. The Morgan fingerprint density at radius 1 is 1.34 bits per heavy atom. The molecule has 0 unspecified atom stereocenters. The van der Waals surface area contributed by atoms with Gasteiger partial charge in [-0.3, -0.25) is 9.89 Å². The molecule has 0 bridgehead atoms. The van der Waals surface area contributed by atoms with Gasteiger partial charge < -0.3 is 20.3 Å². The minimum atomic E-state index is -0.605. The van der Waals surface area contributed by atoms with Crippen LogP contribution in [-0.4, -0.2) is 53.3 Å². The predicted molar refractivity (Wildman–Crippen MR) is 115 cm³/mol. The van der Waals surface area contributed by atoms with Crippen molar-refractivity contribution >= 4 is 45.3 Å². The number of piperidine rings is 1. The van der Waals surface area contributed by atoms with E-state index in [1.807, 2.05) is 0 Å². The third kappa shape index (κ3) is 5.94. The number of likely N-dealkylation sites (tertiary alicyclic amines) is 1. The maximum absolute atomic E-state index is 12.3. The van der Waals surface area contributed by atoms with E-state index in [1.54, 1.807) is 24.3 Å². The van der Waals surface area contributed by atoms with Gasteiger partial charge in [-0.25, -0.2) is 4.79 Å². The third-order valence-corrected chi connectivity index (χ3v) is 5.86. The van der Waals surface area contributed by atoms with Crippen molar-refractivity contribution in [2.75, 3.05) is 31.5 Å². The summed E-state index contributed by atoms with van der Waals surface area (Å²) in [4.78, 5) is 26.7. The largest absolute Gasteiger partial charge is 0.414 e. The molecule has 1 aromatic heterocycles. The van der Waals surface area contributed by atoms with Crippen LogP contribution in [0.4, 0.5) is 10.6 Å². The Labute approximate surface area is 182 Å². The molecule has 3 N–H and O–H groups in total. The fraction of sp³-hybridized carbons (Fsp3) is 0.421. The number of benzene rings is 1. The van der Waals surface area contributed by atoms with E-state index < -0.39 is 12.0 Å². The number of carbonyl (C=O) groups excluding carboxylic acids is 2. The second kappa shape index (κ2) is 10.1. The fourth-order valence-corrected chi connectivity index (χ4v) is 3.59. The minimum absolute atomic E-state index is 0.0313. The highest BCUT2D eigenvalue weighted by molar-refractivity contribution is 9.10. The van der Waals surface area contributed by atoms with Gasteiger partial charge in [0.2, 0.25) is 0 Å². The molecule has 0 aliphatic carbocycles. The van der Waals surface area contributed by atoms with Gasteiger partial charge in [-0.2, -0.15) is 0 Å². The molecule has 0 spiro atoms. The van der Waals surface area contributed by atoms with E-state index in [0.29, 0.717) is 21.6 Å². The molecule has 1 aromatic carbocycles. The van der Waals surface area contributed by atoms with E-state index in [-0.39, 0.29) is 11.7 Å². The highest BCUT2D eigenvalue weighted by Crippen LogP contribution is 2.30. The van der Waals surface area contributed by atoms with Crippen molar-refractivity contribution in [1.29, 1.82) is 0 Å². The number of halogens is 2. The average Bonchev–Trinajstić information content (AvgIpc) is 3.03. The first-order valence-electron chi connectivity index (χ1n) is 9.42. The van der Waals surface area contributed by atoms with Crippen LogP contribution in [0.1, 0.15) is 30.1 Å². The number of H-pyrrole nitrogens is 1. The molecular formula is C19H23BrClN5O3. The molecule has 1 saturated heterocycles. The second-order valence-electron chi connectivity index (χ2n) is 6.99. The molecule has 29 heavy (non-hydrogen) atoms. The van der Waals surface area contributed by atoms with Crippen LogP contribution < -0.4 is 15.4 Å². The van der Waals surface area contributed by atoms with E-state index in [9.17, 15) is 9.59 Å². The molecule has 1 aliphatic rings. The van der Waals surface area contributed by atoms with E-state index in [1.165, 1.54) is 12.8 Å². The van der Waals surface area contributed by atoms with Gasteiger partial charge >= 0.3 is 6.09 Å². The SMILES string of the molecule is CC1CCN(CCNC(=O)Oc2n[nH]c(NC(=O)c3ccccc3Cl)c2Br)CC1. The molecule has 3 rings (SSSR count). The number of aromatic amines is 1. The first-order chi connectivity index (χ1) is 13.9. The summed E-state index contributed by atoms with van der Waals surface area (Å²) in [5.74, 6) is 0.657. The van der Waals surface area contributed by atoms with Crippen LogP contribution in [0.2, 0.25) is 5.02 Å². The molecule has 1 fully saturated rings. The monoisotopic (exact) mass is 483 g/mol. The summed E-state index contributed by atoms with van der Waals surface area (Å²) < 4.78 is 5.54. The van der Waals surface area contributed by atoms with Gasteiger partial charge in [-0.1, -0.05) is 30.7 Å². The van der Waals surface area contributed by atoms with E-state index >= 15 is 0 Å². The molecule has 8 nitrogen and oxygen atoms in total. The summed E-state index contributed by atoms with van der Waals surface area (Å²) in [5.41, 5.74) is 0.322. The average molecular weight is 485 g/mol. The fourth-order valence-electron chi connectivity index (χ4n) is 3.01. The van der Waals surface area contributed by atoms with Crippen molar-refractivity contribution in [2.45, 2.75) is 19.8 Å². The lowest BCUT2D eigenvalue weighted by molar-refractivity contribution is 0.102. The van der Waals surface area contributed by atoms with Crippen LogP contribution in [0.5, 0.6) is 5.88 Å². The van der Waals surface area contributed by atoms with Crippen molar-refractivity contribution in [3.8, 4) is 5.88 Å². The summed E-state index contributed by atoms with van der Waals surface area (Å²) >= 11 is 9.31. The number of amides is 2. The summed E-state index contributed by atoms with van der Waals surface area (Å²) in [6.45, 7) is 5.64. The molecule has 0 atom stereocenters. The topological polar surface area (TPSA) is 99.3 Å². The number of rotatable bonds is 6. The van der Waals surface area contributed by atoms with Crippen molar-refractivity contribution < 1.29 is 14.3 Å².